The first-order chi connectivity index (χ1) is 4.91. The number of hydrogen-bond acceptors (Lipinski definition) is 6. The third kappa shape index (κ3) is 197. The Kier molecular flexibility index (Phi) is 76.2. The molecule has 0 rings (SSSR count). The molecule has 0 aliphatic heterocycles. The maximum absolute atomic E-state index is 8.55. The minimum atomic E-state index is -5.39. The van der Waals surface area contributed by atoms with Crippen molar-refractivity contribution < 1.29 is 118 Å². The molecule has 0 fully saturated rings. The summed E-state index contributed by atoms with van der Waals surface area (Å²) in [4.78, 5) is 25.6. The Bertz CT molecular complexity index is 99.0. The van der Waals surface area contributed by atoms with E-state index < -0.39 is 7.82 Å². The van der Waals surface area contributed by atoms with E-state index in [1.54, 1.807) is 0 Å². The molecule has 0 heterocycles. The van der Waals surface area contributed by atoms with Crippen LogP contribution in [-0.4, -0.2) is 23.4 Å². The van der Waals surface area contributed by atoms with Crippen LogP contribution in [0.2, 0.25) is 0 Å². The Morgan fingerprint density at radius 1 is 0.929 bits per heavy atom. The average Bonchev–Trinajstić information content (AvgIpc) is 1.89. The molecule has 14 heavy (non-hydrogen) atoms. The molecule has 0 amide bonds. The van der Waals surface area contributed by atoms with Gasteiger partial charge in [0.1, 0.15) is 0 Å². The summed E-state index contributed by atoms with van der Waals surface area (Å²) in [5.74, 6) is 0. The molecule has 0 saturated carbocycles. The summed E-state index contributed by atoms with van der Waals surface area (Å²) in [6.07, 6.45) is 0. The summed E-state index contributed by atoms with van der Waals surface area (Å²) >= 11 is 0. The molecule has 0 aromatic heterocycles. The molecule has 0 aromatic rings. The van der Waals surface area contributed by atoms with Crippen molar-refractivity contribution >= 4 is 7.82 Å². The van der Waals surface area contributed by atoms with Gasteiger partial charge in [0.25, 0.3) is 0 Å². The zero-order valence-electron chi connectivity index (χ0n) is 8.80. The first-order valence-corrected chi connectivity index (χ1v) is 3.82. The number of rotatable bonds is 1. The standard InChI is InChI=1S/C2H6O2.C2H4.3Na.H3O4P/c3-1-2-4;1-2;;;;1-5(2,3)4/h3-4H,1-2H2;1-2H2;;;;(H3,1,2,3,4)/q;;3*+1;/p-3. The molecule has 70 valence electrons. The Labute approximate surface area is 150 Å². The van der Waals surface area contributed by atoms with E-state index in [1.165, 1.54) is 0 Å². The molecule has 2 N–H and O–H groups in total. The number of aliphatic hydroxyl groups is 2. The molecule has 0 atom stereocenters. The summed E-state index contributed by atoms with van der Waals surface area (Å²) in [5.41, 5.74) is 0. The van der Waals surface area contributed by atoms with Gasteiger partial charge in [-0.3, -0.25) is 0 Å². The SMILES string of the molecule is C=C.O=P([O-])([O-])[O-].OCCO.[Na+].[Na+].[Na+]. The Morgan fingerprint density at radius 3 is 1.00 bits per heavy atom. The minimum absolute atomic E-state index is 0. The van der Waals surface area contributed by atoms with Gasteiger partial charge in [0, 0.05) is 0 Å². The van der Waals surface area contributed by atoms with Gasteiger partial charge in [0.2, 0.25) is 0 Å². The van der Waals surface area contributed by atoms with Crippen LogP contribution < -0.4 is 103 Å². The second kappa shape index (κ2) is 29.7. The van der Waals surface area contributed by atoms with E-state index in [1.807, 2.05) is 0 Å². The van der Waals surface area contributed by atoms with Gasteiger partial charge < -0.3 is 29.5 Å². The monoisotopic (exact) mass is 254 g/mol. The molecule has 0 spiro atoms. The van der Waals surface area contributed by atoms with Gasteiger partial charge in [-0.25, -0.2) is 0 Å². The molecule has 10 heteroatoms. The van der Waals surface area contributed by atoms with E-state index in [4.69, 9.17) is 29.5 Å². The summed E-state index contributed by atoms with van der Waals surface area (Å²) < 4.78 is 8.55. The summed E-state index contributed by atoms with van der Waals surface area (Å²) in [7, 11) is -5.39. The van der Waals surface area contributed by atoms with Crippen LogP contribution in [-0.2, 0) is 4.57 Å². The largest absolute Gasteiger partial charge is 1.00 e. The maximum Gasteiger partial charge on any atom is 1.00 e. The number of hydrogen-bond donors (Lipinski definition) is 2. The van der Waals surface area contributed by atoms with Crippen molar-refractivity contribution in [1.82, 2.24) is 0 Å². The van der Waals surface area contributed by atoms with Gasteiger partial charge in [-0.2, -0.15) is 7.82 Å². The fraction of sp³-hybridized carbons (Fsp3) is 0.500. The average molecular weight is 254 g/mol. The van der Waals surface area contributed by atoms with E-state index in [2.05, 4.69) is 13.2 Å². The van der Waals surface area contributed by atoms with Crippen molar-refractivity contribution in [1.29, 1.82) is 0 Å². The van der Waals surface area contributed by atoms with Crippen molar-refractivity contribution in [2.45, 2.75) is 0 Å². The first-order valence-electron chi connectivity index (χ1n) is 2.36. The van der Waals surface area contributed by atoms with Gasteiger partial charge in [-0.1, -0.05) is 0 Å². The van der Waals surface area contributed by atoms with Crippen LogP contribution in [0.25, 0.3) is 0 Å². The van der Waals surface area contributed by atoms with E-state index in [9.17, 15) is 0 Å². The predicted molar refractivity (Wildman–Crippen MR) is 33.0 cm³/mol. The summed E-state index contributed by atoms with van der Waals surface area (Å²) in [6, 6.07) is 0. The molecule has 0 saturated heterocycles. The second-order valence-electron chi connectivity index (χ2n) is 0.894. The van der Waals surface area contributed by atoms with Crippen LogP contribution in [0.1, 0.15) is 0 Å². The van der Waals surface area contributed by atoms with Crippen molar-refractivity contribution in [3.63, 3.8) is 0 Å². The van der Waals surface area contributed by atoms with Crippen LogP contribution in [0, 0.1) is 0 Å². The fourth-order valence-electron chi connectivity index (χ4n) is 0. The zero-order valence-corrected chi connectivity index (χ0v) is 15.7. The van der Waals surface area contributed by atoms with Gasteiger partial charge in [-0.15, -0.1) is 13.2 Å². The smallest absolute Gasteiger partial charge is 0.822 e. The van der Waals surface area contributed by atoms with Gasteiger partial charge in [0.05, 0.1) is 13.2 Å². The Morgan fingerprint density at radius 2 is 1.00 bits per heavy atom. The molecule has 0 aliphatic rings. The van der Waals surface area contributed by atoms with E-state index in [0.29, 0.717) is 0 Å². The van der Waals surface area contributed by atoms with E-state index in [0.717, 1.165) is 0 Å². The molecular formula is C4H10Na3O6P. The summed E-state index contributed by atoms with van der Waals surface area (Å²) in [5, 5.41) is 15.2. The van der Waals surface area contributed by atoms with Gasteiger partial charge in [0.15, 0.2) is 0 Å². The van der Waals surface area contributed by atoms with Crippen LogP contribution in [0.15, 0.2) is 13.2 Å². The van der Waals surface area contributed by atoms with E-state index in [-0.39, 0.29) is 102 Å². The topological polar surface area (TPSA) is 127 Å². The van der Waals surface area contributed by atoms with Crippen molar-refractivity contribution in [3.05, 3.63) is 13.2 Å². The fourth-order valence-corrected chi connectivity index (χ4v) is 0. The Balaban J connectivity index is -0.0000000166. The second-order valence-corrected chi connectivity index (χ2v) is 1.79. The van der Waals surface area contributed by atoms with Crippen molar-refractivity contribution in [3.8, 4) is 0 Å². The molecule has 0 unspecified atom stereocenters. The molecule has 0 radical (unpaired) electrons. The van der Waals surface area contributed by atoms with Gasteiger partial charge >= 0.3 is 88.7 Å². The minimum Gasteiger partial charge on any atom is -0.822 e. The van der Waals surface area contributed by atoms with Crippen LogP contribution in [0.5, 0.6) is 0 Å². The molecule has 0 aliphatic carbocycles. The summed E-state index contributed by atoms with van der Waals surface area (Å²) in [6.45, 7) is 5.75. The molecule has 0 aromatic carbocycles. The third-order valence-corrected chi connectivity index (χ3v) is 0.1000. The third-order valence-electron chi connectivity index (χ3n) is 0.1000. The molecule has 0 bridgehead atoms. The quantitative estimate of drug-likeness (QED) is 0.272. The maximum atomic E-state index is 8.55. The molecular weight excluding hydrogens is 244 g/mol. The van der Waals surface area contributed by atoms with Crippen LogP contribution >= 0.6 is 7.82 Å². The number of phosphoric acid groups is 1. The number of aliphatic hydroxyl groups excluding tert-OH is 2. The Hall–Kier alpha value is 2.77. The van der Waals surface area contributed by atoms with Crippen molar-refractivity contribution in [2.24, 2.45) is 0 Å². The molecule has 6 nitrogen and oxygen atoms in total. The van der Waals surface area contributed by atoms with Crippen LogP contribution in [0.3, 0.4) is 0 Å². The van der Waals surface area contributed by atoms with Gasteiger partial charge in [-0.05, 0) is 0 Å². The predicted octanol–water partition coefficient (Wildman–Crippen LogP) is -12.0. The first kappa shape index (κ1) is 36.0. The van der Waals surface area contributed by atoms with E-state index >= 15 is 0 Å². The zero-order chi connectivity index (χ0) is 9.91. The van der Waals surface area contributed by atoms with Crippen molar-refractivity contribution in [2.75, 3.05) is 13.2 Å². The van der Waals surface area contributed by atoms with Crippen LogP contribution in [0.4, 0.5) is 0 Å². The normalized spacial score (nSPS) is 6.64.